The molecule has 0 spiro atoms. The van der Waals surface area contributed by atoms with Crippen molar-refractivity contribution in [3.63, 3.8) is 0 Å². The number of fused-ring (bicyclic) bond motifs is 1. The molecule has 0 radical (unpaired) electrons. The first-order valence-corrected chi connectivity index (χ1v) is 7.27. The van der Waals surface area contributed by atoms with Gasteiger partial charge in [0.25, 0.3) is 0 Å². The highest BCUT2D eigenvalue weighted by Crippen LogP contribution is 2.34. The number of alkyl halides is 3. The summed E-state index contributed by atoms with van der Waals surface area (Å²) in [6.45, 7) is -1.44. The van der Waals surface area contributed by atoms with Gasteiger partial charge in [-0.25, -0.2) is 4.39 Å². The SMILES string of the molecule is CN1C(c2cnccc2C(F)(F)CF)=NCc2ccc(Cl)cc21. The van der Waals surface area contributed by atoms with E-state index < -0.39 is 18.2 Å². The molecular formula is C16H13ClF3N3. The van der Waals surface area contributed by atoms with E-state index in [2.05, 4.69) is 9.98 Å². The van der Waals surface area contributed by atoms with Crippen molar-refractivity contribution in [2.24, 2.45) is 4.99 Å². The number of amidine groups is 1. The minimum absolute atomic E-state index is 0.114. The predicted molar refractivity (Wildman–Crippen MR) is 84.2 cm³/mol. The Balaban J connectivity index is 2.09. The van der Waals surface area contributed by atoms with Crippen molar-refractivity contribution in [3.05, 3.63) is 58.4 Å². The minimum Gasteiger partial charge on any atom is -0.329 e. The molecule has 0 N–H and O–H groups in total. The average Bonchev–Trinajstić information content (AvgIpc) is 2.56. The average molecular weight is 340 g/mol. The van der Waals surface area contributed by atoms with Crippen molar-refractivity contribution in [2.45, 2.75) is 12.5 Å². The molecule has 0 fully saturated rings. The highest BCUT2D eigenvalue weighted by Gasteiger charge is 2.36. The van der Waals surface area contributed by atoms with Gasteiger partial charge in [0.15, 0.2) is 6.67 Å². The van der Waals surface area contributed by atoms with Gasteiger partial charge in [0.05, 0.1) is 6.54 Å². The Morgan fingerprint density at radius 3 is 2.83 bits per heavy atom. The first-order valence-electron chi connectivity index (χ1n) is 6.89. The highest BCUT2D eigenvalue weighted by molar-refractivity contribution is 6.31. The molecule has 2 heterocycles. The van der Waals surface area contributed by atoms with Crippen LogP contribution in [-0.4, -0.2) is 24.5 Å². The van der Waals surface area contributed by atoms with Gasteiger partial charge < -0.3 is 4.90 Å². The van der Waals surface area contributed by atoms with Crippen LogP contribution in [0.3, 0.4) is 0 Å². The third kappa shape index (κ3) is 2.79. The van der Waals surface area contributed by atoms with E-state index in [0.29, 0.717) is 17.4 Å². The topological polar surface area (TPSA) is 28.5 Å². The molecule has 0 bridgehead atoms. The summed E-state index contributed by atoms with van der Waals surface area (Å²) in [5.74, 6) is -3.27. The summed E-state index contributed by atoms with van der Waals surface area (Å²) in [5.41, 5.74) is 1.40. The van der Waals surface area contributed by atoms with Gasteiger partial charge in [-0.1, -0.05) is 17.7 Å². The van der Waals surface area contributed by atoms with Crippen molar-refractivity contribution in [1.29, 1.82) is 0 Å². The molecule has 1 aromatic carbocycles. The quantitative estimate of drug-likeness (QED) is 0.838. The second kappa shape index (κ2) is 5.85. The molecule has 3 rings (SSSR count). The zero-order valence-corrected chi connectivity index (χ0v) is 13.0. The van der Waals surface area contributed by atoms with Gasteiger partial charge in [-0.15, -0.1) is 0 Å². The van der Waals surface area contributed by atoms with Gasteiger partial charge in [0.1, 0.15) is 5.84 Å². The molecule has 0 saturated carbocycles. The molecule has 1 aliphatic rings. The van der Waals surface area contributed by atoms with E-state index in [4.69, 9.17) is 11.6 Å². The maximum absolute atomic E-state index is 13.9. The summed E-state index contributed by atoms with van der Waals surface area (Å²) in [6, 6.07) is 6.46. The number of anilines is 1. The Morgan fingerprint density at radius 2 is 2.09 bits per heavy atom. The number of hydrogen-bond acceptors (Lipinski definition) is 3. The summed E-state index contributed by atoms with van der Waals surface area (Å²) in [6.07, 6.45) is 2.50. The Kier molecular flexibility index (Phi) is 4.02. The summed E-state index contributed by atoms with van der Waals surface area (Å²) in [4.78, 5) is 9.92. The first-order chi connectivity index (χ1) is 10.9. The van der Waals surface area contributed by atoms with Crippen molar-refractivity contribution < 1.29 is 13.2 Å². The van der Waals surface area contributed by atoms with Crippen molar-refractivity contribution >= 4 is 23.1 Å². The molecule has 3 nitrogen and oxygen atoms in total. The molecule has 7 heteroatoms. The normalized spacial score (nSPS) is 14.5. The van der Waals surface area contributed by atoms with Crippen LogP contribution in [0, 0.1) is 0 Å². The lowest BCUT2D eigenvalue weighted by atomic mass is 10.0. The first kappa shape index (κ1) is 15.8. The number of hydrogen-bond donors (Lipinski definition) is 0. The van der Waals surface area contributed by atoms with E-state index >= 15 is 0 Å². The Hall–Kier alpha value is -2.08. The van der Waals surface area contributed by atoms with E-state index in [-0.39, 0.29) is 5.56 Å². The van der Waals surface area contributed by atoms with Crippen LogP contribution in [0.5, 0.6) is 0 Å². The maximum atomic E-state index is 13.9. The van der Waals surface area contributed by atoms with Crippen LogP contribution in [0.15, 0.2) is 41.7 Å². The summed E-state index contributed by atoms with van der Waals surface area (Å²) < 4.78 is 40.5. The number of nitrogens with zero attached hydrogens (tertiary/aromatic N) is 3. The fourth-order valence-corrected chi connectivity index (χ4v) is 2.76. The van der Waals surface area contributed by atoms with E-state index in [1.54, 1.807) is 24.1 Å². The molecule has 0 aliphatic carbocycles. The molecule has 2 aromatic rings. The molecule has 1 aliphatic heterocycles. The van der Waals surface area contributed by atoms with Crippen molar-refractivity contribution in [3.8, 4) is 0 Å². The monoisotopic (exact) mass is 339 g/mol. The largest absolute Gasteiger partial charge is 0.329 e. The minimum atomic E-state index is -3.59. The third-order valence-corrected chi connectivity index (χ3v) is 3.98. The van der Waals surface area contributed by atoms with Gasteiger partial charge in [0, 0.05) is 41.3 Å². The van der Waals surface area contributed by atoms with Crippen LogP contribution in [0.2, 0.25) is 5.02 Å². The number of pyridine rings is 1. The smallest absolute Gasteiger partial charge is 0.301 e. The lowest BCUT2D eigenvalue weighted by Crippen LogP contribution is -2.33. The number of benzene rings is 1. The molecule has 0 saturated heterocycles. The van der Waals surface area contributed by atoms with Crippen LogP contribution in [0.1, 0.15) is 16.7 Å². The van der Waals surface area contributed by atoms with Gasteiger partial charge in [-0.3, -0.25) is 9.98 Å². The van der Waals surface area contributed by atoms with Crippen LogP contribution < -0.4 is 4.90 Å². The Bertz CT molecular complexity index is 777. The summed E-state index contributed by atoms with van der Waals surface area (Å²) in [5, 5.41) is 0.539. The van der Waals surface area contributed by atoms with Gasteiger partial charge >= 0.3 is 5.92 Å². The second-order valence-electron chi connectivity index (χ2n) is 5.23. The molecule has 0 atom stereocenters. The Morgan fingerprint density at radius 1 is 1.30 bits per heavy atom. The maximum Gasteiger partial charge on any atom is 0.301 e. The molecule has 23 heavy (non-hydrogen) atoms. The number of halogens is 4. The molecule has 0 unspecified atom stereocenters. The zero-order valence-electron chi connectivity index (χ0n) is 12.2. The van der Waals surface area contributed by atoms with Gasteiger partial charge in [0.2, 0.25) is 0 Å². The standard InChI is InChI=1S/C16H13ClF3N3/c1-23-14-6-11(17)3-2-10(14)7-22-15(23)12-8-21-5-4-13(12)16(19,20)9-18/h2-6,8H,7,9H2,1H3. The Labute approximate surface area is 136 Å². The van der Waals surface area contributed by atoms with E-state index in [9.17, 15) is 13.2 Å². The zero-order chi connectivity index (χ0) is 16.6. The molecular weight excluding hydrogens is 327 g/mol. The molecule has 1 aromatic heterocycles. The van der Waals surface area contributed by atoms with E-state index in [1.165, 1.54) is 12.4 Å². The number of aliphatic imine (C=N–C) groups is 1. The number of aromatic nitrogens is 1. The van der Waals surface area contributed by atoms with E-state index in [0.717, 1.165) is 17.3 Å². The van der Waals surface area contributed by atoms with Crippen LogP contribution in [0.25, 0.3) is 0 Å². The predicted octanol–water partition coefficient (Wildman–Crippen LogP) is 4.19. The summed E-state index contributed by atoms with van der Waals surface area (Å²) in [7, 11) is 1.71. The third-order valence-electron chi connectivity index (χ3n) is 3.75. The van der Waals surface area contributed by atoms with E-state index in [1.807, 2.05) is 6.07 Å². The fourth-order valence-electron chi connectivity index (χ4n) is 2.59. The molecule has 120 valence electrons. The highest BCUT2D eigenvalue weighted by atomic mass is 35.5. The lowest BCUT2D eigenvalue weighted by Gasteiger charge is -2.29. The molecule has 0 amide bonds. The van der Waals surface area contributed by atoms with Crippen LogP contribution in [0.4, 0.5) is 18.9 Å². The van der Waals surface area contributed by atoms with Gasteiger partial charge in [-0.05, 0) is 23.8 Å². The second-order valence-corrected chi connectivity index (χ2v) is 5.67. The summed E-state index contributed by atoms with van der Waals surface area (Å²) >= 11 is 6.01. The van der Waals surface area contributed by atoms with Crippen LogP contribution >= 0.6 is 11.6 Å². The van der Waals surface area contributed by atoms with Crippen LogP contribution in [-0.2, 0) is 12.5 Å². The van der Waals surface area contributed by atoms with Gasteiger partial charge in [-0.2, -0.15) is 8.78 Å². The fraction of sp³-hybridized carbons (Fsp3) is 0.250. The lowest BCUT2D eigenvalue weighted by molar-refractivity contribution is -0.0283. The van der Waals surface area contributed by atoms with Crippen molar-refractivity contribution in [2.75, 3.05) is 18.6 Å². The number of rotatable bonds is 3. The van der Waals surface area contributed by atoms with Crippen molar-refractivity contribution in [1.82, 2.24) is 4.98 Å².